The first-order valence-electron chi connectivity index (χ1n) is 4.12. The van der Waals surface area contributed by atoms with Crippen LogP contribution in [0.5, 0.6) is 0 Å². The fraction of sp³-hybridized carbons (Fsp3) is 0.778. The van der Waals surface area contributed by atoms with Crippen molar-refractivity contribution in [2.45, 2.75) is 40.0 Å². The van der Waals surface area contributed by atoms with Crippen molar-refractivity contribution in [2.24, 2.45) is 5.41 Å². The maximum atomic E-state index is 5.20. The number of hydrogen-bond acceptors (Lipinski definition) is 3. The summed E-state index contributed by atoms with van der Waals surface area (Å²) in [4.78, 5) is 0. The van der Waals surface area contributed by atoms with Crippen molar-refractivity contribution in [3.05, 3.63) is 12.3 Å². The molecule has 1 aromatic rings. The normalized spacial score (nSPS) is 13.4. The van der Waals surface area contributed by atoms with E-state index in [2.05, 4.69) is 44.8 Å². The lowest BCUT2D eigenvalue weighted by atomic mass is 9.69. The predicted octanol–water partition coefficient (Wildman–Crippen LogP) is 2.39. The minimum Gasteiger partial charge on any atom is -0.427 e. The summed E-state index contributed by atoms with van der Waals surface area (Å²) in [5.74, 6) is 0.704. The molecule has 3 heteroatoms. The van der Waals surface area contributed by atoms with Gasteiger partial charge >= 0.3 is 0 Å². The summed E-state index contributed by atoms with van der Waals surface area (Å²) in [6.45, 7) is 10.7. The van der Waals surface area contributed by atoms with Crippen LogP contribution in [0.15, 0.2) is 10.8 Å². The molecule has 0 unspecified atom stereocenters. The first-order chi connectivity index (χ1) is 5.36. The van der Waals surface area contributed by atoms with Gasteiger partial charge in [0.25, 0.3) is 0 Å². The fourth-order valence-electron chi connectivity index (χ4n) is 0.766. The number of nitrogens with zero attached hydrogens (tertiary/aromatic N) is 2. The Balaban J connectivity index is 3.02. The molecule has 0 aliphatic carbocycles. The zero-order valence-electron chi connectivity index (χ0n) is 8.38. The molecule has 0 spiro atoms. The Morgan fingerprint density at radius 2 is 1.75 bits per heavy atom. The maximum Gasteiger partial charge on any atom is 0.222 e. The fourth-order valence-corrected chi connectivity index (χ4v) is 0.766. The minimum absolute atomic E-state index is 0.0799. The third kappa shape index (κ3) is 1.36. The van der Waals surface area contributed by atoms with Crippen LogP contribution >= 0.6 is 0 Å². The molecular formula is C9H16N2O. The van der Waals surface area contributed by atoms with Gasteiger partial charge in [-0.3, -0.25) is 0 Å². The number of hydrogen-bond donors (Lipinski definition) is 0. The monoisotopic (exact) mass is 168 g/mol. The number of aromatic nitrogens is 2. The number of rotatable bonds is 1. The standard InChI is InChI=1S/C9H16N2O/c1-8(2,3)9(4,5)7-11-10-6-12-7/h6H,1-5H3. The van der Waals surface area contributed by atoms with Gasteiger partial charge in [0.2, 0.25) is 12.3 Å². The van der Waals surface area contributed by atoms with Gasteiger partial charge in [-0.15, -0.1) is 10.2 Å². The third-order valence-electron chi connectivity index (χ3n) is 2.77. The molecule has 0 radical (unpaired) electrons. The summed E-state index contributed by atoms with van der Waals surface area (Å²) in [6.07, 6.45) is 1.38. The van der Waals surface area contributed by atoms with Crippen LogP contribution in [0.3, 0.4) is 0 Å². The Kier molecular flexibility index (Phi) is 1.98. The molecule has 0 N–H and O–H groups in total. The Morgan fingerprint density at radius 3 is 2.08 bits per heavy atom. The molecule has 0 fully saturated rings. The Hall–Kier alpha value is -0.860. The molecule has 1 aromatic heterocycles. The van der Waals surface area contributed by atoms with Gasteiger partial charge in [-0.2, -0.15) is 0 Å². The van der Waals surface area contributed by atoms with Crippen molar-refractivity contribution in [1.82, 2.24) is 10.2 Å². The van der Waals surface area contributed by atoms with Crippen LogP contribution in [-0.4, -0.2) is 10.2 Å². The highest BCUT2D eigenvalue weighted by Gasteiger charge is 2.38. The summed E-state index contributed by atoms with van der Waals surface area (Å²) >= 11 is 0. The van der Waals surface area contributed by atoms with E-state index in [9.17, 15) is 0 Å². The Bertz CT molecular complexity index is 244. The average Bonchev–Trinajstić information content (AvgIpc) is 2.34. The highest BCUT2D eigenvalue weighted by molar-refractivity contribution is 5.04. The molecule has 0 saturated heterocycles. The molecule has 12 heavy (non-hydrogen) atoms. The van der Waals surface area contributed by atoms with Crippen molar-refractivity contribution in [3.8, 4) is 0 Å². The maximum absolute atomic E-state index is 5.20. The van der Waals surface area contributed by atoms with E-state index in [4.69, 9.17) is 4.42 Å². The zero-order chi connectivity index (χ0) is 9.41. The molecule has 0 aliphatic rings. The van der Waals surface area contributed by atoms with Crippen molar-refractivity contribution in [1.29, 1.82) is 0 Å². The Labute approximate surface area is 73.2 Å². The van der Waals surface area contributed by atoms with Gasteiger partial charge in [0.1, 0.15) is 0 Å². The molecule has 0 amide bonds. The van der Waals surface area contributed by atoms with Crippen LogP contribution in [0.2, 0.25) is 0 Å². The van der Waals surface area contributed by atoms with E-state index in [1.807, 2.05) is 0 Å². The van der Waals surface area contributed by atoms with Gasteiger partial charge in [-0.05, 0) is 5.41 Å². The second kappa shape index (κ2) is 2.57. The van der Waals surface area contributed by atoms with Gasteiger partial charge < -0.3 is 4.42 Å². The summed E-state index contributed by atoms with van der Waals surface area (Å²) in [5, 5.41) is 7.62. The van der Waals surface area contributed by atoms with E-state index in [1.165, 1.54) is 6.39 Å². The van der Waals surface area contributed by atoms with Crippen LogP contribution in [0.25, 0.3) is 0 Å². The van der Waals surface area contributed by atoms with Crippen molar-refractivity contribution < 1.29 is 4.42 Å². The van der Waals surface area contributed by atoms with E-state index in [-0.39, 0.29) is 10.8 Å². The molecule has 0 saturated carbocycles. The van der Waals surface area contributed by atoms with Gasteiger partial charge in [-0.1, -0.05) is 34.6 Å². The topological polar surface area (TPSA) is 38.9 Å². The van der Waals surface area contributed by atoms with E-state index >= 15 is 0 Å². The molecule has 0 bridgehead atoms. The van der Waals surface area contributed by atoms with Gasteiger partial charge in [0.15, 0.2) is 0 Å². The minimum atomic E-state index is -0.0799. The molecule has 1 rings (SSSR count). The summed E-state index contributed by atoms with van der Waals surface area (Å²) in [5.41, 5.74) is 0.0447. The van der Waals surface area contributed by atoms with Crippen LogP contribution in [-0.2, 0) is 5.41 Å². The van der Waals surface area contributed by atoms with Crippen LogP contribution in [0.4, 0.5) is 0 Å². The zero-order valence-corrected chi connectivity index (χ0v) is 8.38. The molecule has 68 valence electrons. The molecule has 1 heterocycles. The van der Waals surface area contributed by atoms with Crippen LogP contribution < -0.4 is 0 Å². The molecule has 3 nitrogen and oxygen atoms in total. The summed E-state index contributed by atoms with van der Waals surface area (Å²) in [6, 6.07) is 0. The highest BCUT2D eigenvalue weighted by atomic mass is 16.4. The quantitative estimate of drug-likeness (QED) is 0.646. The predicted molar refractivity (Wildman–Crippen MR) is 46.8 cm³/mol. The lowest BCUT2D eigenvalue weighted by Gasteiger charge is -2.35. The van der Waals surface area contributed by atoms with E-state index in [1.54, 1.807) is 0 Å². The smallest absolute Gasteiger partial charge is 0.222 e. The lowest BCUT2D eigenvalue weighted by molar-refractivity contribution is 0.182. The van der Waals surface area contributed by atoms with Crippen LogP contribution in [0, 0.1) is 5.41 Å². The van der Waals surface area contributed by atoms with Crippen molar-refractivity contribution >= 4 is 0 Å². The van der Waals surface area contributed by atoms with Gasteiger partial charge in [-0.25, -0.2) is 0 Å². The van der Waals surface area contributed by atoms with Crippen LogP contribution in [0.1, 0.15) is 40.5 Å². The lowest BCUT2D eigenvalue weighted by Crippen LogP contribution is -2.34. The first kappa shape index (κ1) is 9.23. The second-order valence-electron chi connectivity index (χ2n) is 4.62. The van der Waals surface area contributed by atoms with E-state index < -0.39 is 0 Å². The largest absolute Gasteiger partial charge is 0.427 e. The van der Waals surface area contributed by atoms with E-state index in [0.717, 1.165) is 0 Å². The van der Waals surface area contributed by atoms with Crippen molar-refractivity contribution in [3.63, 3.8) is 0 Å². The summed E-state index contributed by atoms with van der Waals surface area (Å²) in [7, 11) is 0. The third-order valence-corrected chi connectivity index (χ3v) is 2.77. The average molecular weight is 168 g/mol. The van der Waals surface area contributed by atoms with Crippen molar-refractivity contribution in [2.75, 3.05) is 0 Å². The molecule has 0 atom stereocenters. The summed E-state index contributed by atoms with van der Waals surface area (Å²) < 4.78 is 5.20. The Morgan fingerprint density at radius 1 is 1.17 bits per heavy atom. The van der Waals surface area contributed by atoms with Gasteiger partial charge in [0, 0.05) is 5.41 Å². The van der Waals surface area contributed by atoms with Gasteiger partial charge in [0.05, 0.1) is 0 Å². The molecule has 0 aromatic carbocycles. The highest BCUT2D eigenvalue weighted by Crippen LogP contribution is 2.39. The molecular weight excluding hydrogens is 152 g/mol. The molecule has 0 aliphatic heterocycles. The second-order valence-corrected chi connectivity index (χ2v) is 4.62. The first-order valence-corrected chi connectivity index (χ1v) is 4.12. The van der Waals surface area contributed by atoms with E-state index in [0.29, 0.717) is 5.89 Å². The SMILES string of the molecule is CC(C)(C)C(C)(C)c1nnco1.